The average molecular weight is 283 g/mol. The van der Waals surface area contributed by atoms with E-state index >= 15 is 0 Å². The van der Waals surface area contributed by atoms with Crippen LogP contribution in [0.15, 0.2) is 42.5 Å². The van der Waals surface area contributed by atoms with Crippen molar-refractivity contribution in [3.8, 4) is 0 Å². The number of carboxylic acids is 1. The molecule has 0 spiro atoms. The topological polar surface area (TPSA) is 66.4 Å². The van der Waals surface area contributed by atoms with Crippen molar-refractivity contribution in [1.29, 1.82) is 0 Å². The highest BCUT2D eigenvalue weighted by atomic mass is 16.4. The number of hydrogen-bond donors (Lipinski definition) is 2. The molecule has 21 heavy (non-hydrogen) atoms. The SMILES string of the molecule is Cc1cccc(C)c1C(=O)NCc1ccc(C(=O)O)cc1. The summed E-state index contributed by atoms with van der Waals surface area (Å²) in [6.45, 7) is 4.18. The normalized spacial score (nSPS) is 10.2. The fourth-order valence-electron chi connectivity index (χ4n) is 2.21. The zero-order chi connectivity index (χ0) is 15.4. The van der Waals surface area contributed by atoms with Crippen LogP contribution >= 0.6 is 0 Å². The van der Waals surface area contributed by atoms with Gasteiger partial charge in [-0.2, -0.15) is 0 Å². The number of benzene rings is 2. The van der Waals surface area contributed by atoms with Gasteiger partial charge >= 0.3 is 5.97 Å². The quantitative estimate of drug-likeness (QED) is 0.906. The Kier molecular flexibility index (Phi) is 4.38. The van der Waals surface area contributed by atoms with Gasteiger partial charge in [0.25, 0.3) is 5.91 Å². The van der Waals surface area contributed by atoms with Crippen molar-refractivity contribution in [3.63, 3.8) is 0 Å². The van der Waals surface area contributed by atoms with E-state index in [1.165, 1.54) is 12.1 Å². The second kappa shape index (κ2) is 6.22. The third kappa shape index (κ3) is 3.48. The van der Waals surface area contributed by atoms with E-state index < -0.39 is 5.97 Å². The van der Waals surface area contributed by atoms with Crippen molar-refractivity contribution in [2.75, 3.05) is 0 Å². The highest BCUT2D eigenvalue weighted by Crippen LogP contribution is 2.13. The molecule has 0 aromatic heterocycles. The van der Waals surface area contributed by atoms with Crippen molar-refractivity contribution in [2.45, 2.75) is 20.4 Å². The van der Waals surface area contributed by atoms with Crippen molar-refractivity contribution < 1.29 is 14.7 Å². The van der Waals surface area contributed by atoms with Gasteiger partial charge in [0.15, 0.2) is 0 Å². The van der Waals surface area contributed by atoms with Gasteiger partial charge in [-0.05, 0) is 42.7 Å². The minimum atomic E-state index is -0.957. The summed E-state index contributed by atoms with van der Waals surface area (Å²) in [6, 6.07) is 12.2. The molecule has 0 unspecified atom stereocenters. The van der Waals surface area contributed by atoms with Crippen molar-refractivity contribution in [2.24, 2.45) is 0 Å². The molecule has 2 N–H and O–H groups in total. The van der Waals surface area contributed by atoms with E-state index in [9.17, 15) is 9.59 Å². The first-order valence-corrected chi connectivity index (χ1v) is 6.65. The molecule has 0 atom stereocenters. The Morgan fingerprint density at radius 1 is 1.00 bits per heavy atom. The maximum atomic E-state index is 12.2. The van der Waals surface area contributed by atoms with E-state index in [4.69, 9.17) is 5.11 Å². The molecule has 4 nitrogen and oxygen atoms in total. The Labute approximate surface area is 123 Å². The van der Waals surface area contributed by atoms with Gasteiger partial charge in [-0.15, -0.1) is 0 Å². The van der Waals surface area contributed by atoms with E-state index in [2.05, 4.69) is 5.32 Å². The summed E-state index contributed by atoms with van der Waals surface area (Å²) in [4.78, 5) is 23.0. The summed E-state index contributed by atoms with van der Waals surface area (Å²) in [6.07, 6.45) is 0. The third-order valence-electron chi connectivity index (χ3n) is 3.36. The number of amides is 1. The maximum absolute atomic E-state index is 12.2. The summed E-state index contributed by atoms with van der Waals surface area (Å²) in [5.74, 6) is -1.07. The zero-order valence-electron chi connectivity index (χ0n) is 12.0. The van der Waals surface area contributed by atoms with Crippen LogP contribution in [0.4, 0.5) is 0 Å². The number of rotatable bonds is 4. The zero-order valence-corrected chi connectivity index (χ0v) is 12.0. The van der Waals surface area contributed by atoms with Crippen LogP contribution in [0.3, 0.4) is 0 Å². The lowest BCUT2D eigenvalue weighted by Crippen LogP contribution is -2.24. The van der Waals surface area contributed by atoms with Crippen molar-refractivity contribution in [3.05, 3.63) is 70.3 Å². The van der Waals surface area contributed by atoms with Gasteiger partial charge in [-0.1, -0.05) is 30.3 Å². The average Bonchev–Trinajstić information content (AvgIpc) is 2.45. The highest BCUT2D eigenvalue weighted by molar-refractivity contribution is 5.97. The van der Waals surface area contributed by atoms with Crippen molar-refractivity contribution in [1.82, 2.24) is 5.32 Å². The fraction of sp³-hybridized carbons (Fsp3) is 0.176. The number of hydrogen-bond acceptors (Lipinski definition) is 2. The fourth-order valence-corrected chi connectivity index (χ4v) is 2.21. The lowest BCUT2D eigenvalue weighted by atomic mass is 10.0. The number of nitrogens with one attached hydrogen (secondary N) is 1. The predicted molar refractivity (Wildman–Crippen MR) is 80.5 cm³/mol. The Morgan fingerprint density at radius 2 is 1.57 bits per heavy atom. The highest BCUT2D eigenvalue weighted by Gasteiger charge is 2.11. The molecule has 0 heterocycles. The van der Waals surface area contributed by atoms with E-state index in [0.29, 0.717) is 12.1 Å². The van der Waals surface area contributed by atoms with Gasteiger partial charge < -0.3 is 10.4 Å². The van der Waals surface area contributed by atoms with Gasteiger partial charge in [-0.3, -0.25) is 4.79 Å². The maximum Gasteiger partial charge on any atom is 0.335 e. The molecule has 0 fully saturated rings. The standard InChI is InChI=1S/C17H17NO3/c1-11-4-3-5-12(2)15(11)16(19)18-10-13-6-8-14(9-7-13)17(20)21/h3-9H,10H2,1-2H3,(H,18,19)(H,20,21). The number of aromatic carboxylic acids is 1. The van der Waals surface area contributed by atoms with Crippen molar-refractivity contribution >= 4 is 11.9 Å². The van der Waals surface area contributed by atoms with Gasteiger partial charge in [0, 0.05) is 12.1 Å². The second-order valence-electron chi connectivity index (χ2n) is 4.95. The first-order chi connectivity index (χ1) is 9.99. The van der Waals surface area contributed by atoms with Crippen LogP contribution in [0.1, 0.15) is 37.4 Å². The lowest BCUT2D eigenvalue weighted by molar-refractivity contribution is 0.0696. The van der Waals surface area contributed by atoms with Gasteiger partial charge in [-0.25, -0.2) is 4.79 Å². The number of carbonyl (C=O) groups is 2. The van der Waals surface area contributed by atoms with Crippen LogP contribution in [0.5, 0.6) is 0 Å². The van der Waals surface area contributed by atoms with Gasteiger partial charge in [0.1, 0.15) is 0 Å². The first-order valence-electron chi connectivity index (χ1n) is 6.65. The van der Waals surface area contributed by atoms with E-state index in [1.54, 1.807) is 12.1 Å². The van der Waals surface area contributed by atoms with Gasteiger partial charge in [0.05, 0.1) is 5.56 Å². The van der Waals surface area contributed by atoms with Crippen LogP contribution < -0.4 is 5.32 Å². The number of aryl methyl sites for hydroxylation is 2. The summed E-state index contributed by atoms with van der Waals surface area (Å²) >= 11 is 0. The molecule has 0 saturated carbocycles. The van der Waals surface area contributed by atoms with Crippen LogP contribution in [0.25, 0.3) is 0 Å². The predicted octanol–water partition coefficient (Wildman–Crippen LogP) is 2.93. The van der Waals surface area contributed by atoms with E-state index in [-0.39, 0.29) is 11.5 Å². The second-order valence-corrected chi connectivity index (χ2v) is 4.95. The monoisotopic (exact) mass is 283 g/mol. The summed E-state index contributed by atoms with van der Waals surface area (Å²) < 4.78 is 0. The summed E-state index contributed by atoms with van der Waals surface area (Å²) in [5, 5.41) is 11.7. The molecule has 2 aromatic rings. The Bertz CT molecular complexity index is 655. The summed E-state index contributed by atoms with van der Waals surface area (Å²) in [7, 11) is 0. The van der Waals surface area contributed by atoms with Gasteiger partial charge in [0.2, 0.25) is 0 Å². The molecule has 0 bridgehead atoms. The minimum absolute atomic E-state index is 0.118. The van der Waals surface area contributed by atoms with E-state index in [0.717, 1.165) is 16.7 Å². The molecule has 1 amide bonds. The molecule has 2 rings (SSSR count). The molecule has 0 aliphatic heterocycles. The Hall–Kier alpha value is -2.62. The lowest BCUT2D eigenvalue weighted by Gasteiger charge is -2.10. The van der Waals surface area contributed by atoms with E-state index in [1.807, 2.05) is 32.0 Å². The molecule has 108 valence electrons. The Morgan fingerprint density at radius 3 is 2.10 bits per heavy atom. The molecular weight excluding hydrogens is 266 g/mol. The number of carboxylic acid groups (broad SMARTS) is 1. The molecule has 4 heteroatoms. The van der Waals surface area contributed by atoms with Crippen LogP contribution in [-0.2, 0) is 6.54 Å². The van der Waals surface area contributed by atoms with Crippen LogP contribution in [0, 0.1) is 13.8 Å². The van der Waals surface area contributed by atoms with Crippen LogP contribution in [-0.4, -0.2) is 17.0 Å². The summed E-state index contributed by atoms with van der Waals surface area (Å²) in [5.41, 5.74) is 3.67. The first kappa shape index (κ1) is 14.8. The molecule has 2 aromatic carbocycles. The molecule has 0 aliphatic carbocycles. The molecular formula is C17H17NO3. The Balaban J connectivity index is 2.06. The molecule has 0 radical (unpaired) electrons. The molecule has 0 saturated heterocycles. The third-order valence-corrected chi connectivity index (χ3v) is 3.36. The minimum Gasteiger partial charge on any atom is -0.478 e. The largest absolute Gasteiger partial charge is 0.478 e. The van der Waals surface area contributed by atoms with Crippen LogP contribution in [0.2, 0.25) is 0 Å². The smallest absolute Gasteiger partial charge is 0.335 e. The molecule has 0 aliphatic rings. The number of carbonyl (C=O) groups excluding carboxylic acids is 1.